The van der Waals surface area contributed by atoms with Crippen molar-refractivity contribution in [2.75, 3.05) is 6.61 Å². The van der Waals surface area contributed by atoms with E-state index in [1.54, 1.807) is 36.1 Å². The molecular formula is C18H21N3O2S2. The monoisotopic (exact) mass is 375 g/mol. The minimum absolute atomic E-state index is 0.306. The van der Waals surface area contributed by atoms with Crippen molar-refractivity contribution in [3.05, 3.63) is 39.8 Å². The number of fused-ring (bicyclic) bond motifs is 1. The van der Waals surface area contributed by atoms with Gasteiger partial charge in [0, 0.05) is 17.7 Å². The molecule has 0 atom stereocenters. The Bertz CT molecular complexity index is 886. The van der Waals surface area contributed by atoms with Crippen LogP contribution in [0.4, 0.5) is 0 Å². The van der Waals surface area contributed by atoms with Crippen molar-refractivity contribution in [1.29, 1.82) is 0 Å². The van der Waals surface area contributed by atoms with Gasteiger partial charge in [-0.3, -0.25) is 0 Å². The van der Waals surface area contributed by atoms with Crippen LogP contribution in [0.1, 0.15) is 41.8 Å². The highest BCUT2D eigenvalue weighted by atomic mass is 32.2. The second-order valence-electron chi connectivity index (χ2n) is 5.44. The molecule has 5 nitrogen and oxygen atoms in total. The molecule has 0 unspecified atom stereocenters. The summed E-state index contributed by atoms with van der Waals surface area (Å²) in [4.78, 5) is 21.3. The second kappa shape index (κ2) is 8.01. The lowest BCUT2D eigenvalue weighted by Crippen LogP contribution is -2.04. The fraction of sp³-hybridized carbons (Fsp3) is 0.389. The van der Waals surface area contributed by atoms with E-state index in [0.29, 0.717) is 12.2 Å². The van der Waals surface area contributed by atoms with Gasteiger partial charge in [-0.2, -0.15) is 0 Å². The van der Waals surface area contributed by atoms with Crippen LogP contribution in [0, 0.1) is 0 Å². The van der Waals surface area contributed by atoms with Crippen molar-refractivity contribution in [3.63, 3.8) is 0 Å². The predicted molar refractivity (Wildman–Crippen MR) is 102 cm³/mol. The van der Waals surface area contributed by atoms with E-state index >= 15 is 0 Å². The Morgan fingerprint density at radius 2 is 2.12 bits per heavy atom. The van der Waals surface area contributed by atoms with Crippen molar-refractivity contribution >= 4 is 40.1 Å². The molecule has 1 aromatic carbocycles. The summed E-state index contributed by atoms with van der Waals surface area (Å²) in [6.45, 7) is 7.22. The number of carbonyl (C=O) groups is 1. The van der Waals surface area contributed by atoms with E-state index in [1.165, 1.54) is 5.01 Å². The molecular weight excluding hydrogens is 354 g/mol. The first-order chi connectivity index (χ1) is 12.2. The Morgan fingerprint density at radius 3 is 2.80 bits per heavy atom. The number of thiazole rings is 1. The van der Waals surface area contributed by atoms with E-state index in [9.17, 15) is 4.79 Å². The molecule has 7 heteroatoms. The summed E-state index contributed by atoms with van der Waals surface area (Å²) in [6.07, 6.45) is 0.972. The lowest BCUT2D eigenvalue weighted by atomic mass is 10.2. The molecule has 2 heterocycles. The first kappa shape index (κ1) is 17.9. The molecule has 3 aromatic rings. The molecule has 0 aliphatic rings. The Balaban J connectivity index is 1.85. The smallest absolute Gasteiger partial charge is 0.338 e. The van der Waals surface area contributed by atoms with Gasteiger partial charge >= 0.3 is 5.97 Å². The molecule has 2 aromatic heterocycles. The molecule has 25 heavy (non-hydrogen) atoms. The molecule has 0 amide bonds. The number of thioether (sulfide) groups is 1. The third kappa shape index (κ3) is 3.88. The molecule has 0 aliphatic heterocycles. The zero-order chi connectivity index (χ0) is 17.8. The molecule has 0 spiro atoms. The van der Waals surface area contributed by atoms with Crippen LogP contribution in [0.2, 0.25) is 0 Å². The summed E-state index contributed by atoms with van der Waals surface area (Å²) in [7, 11) is 0. The fourth-order valence-corrected chi connectivity index (χ4v) is 4.40. The highest BCUT2D eigenvalue weighted by molar-refractivity contribution is 7.98. The first-order valence-corrected chi connectivity index (χ1v) is 10.3. The zero-order valence-electron chi connectivity index (χ0n) is 14.6. The number of nitrogens with zero attached hydrogens (tertiary/aromatic N) is 3. The summed E-state index contributed by atoms with van der Waals surface area (Å²) < 4.78 is 7.24. The van der Waals surface area contributed by atoms with Crippen molar-refractivity contribution in [1.82, 2.24) is 14.5 Å². The van der Waals surface area contributed by atoms with E-state index < -0.39 is 0 Å². The molecule has 0 bridgehead atoms. The third-order valence-corrected chi connectivity index (χ3v) is 5.84. The summed E-state index contributed by atoms with van der Waals surface area (Å²) in [6, 6.07) is 5.55. The van der Waals surface area contributed by atoms with Crippen molar-refractivity contribution in [2.45, 2.75) is 44.6 Å². The average molecular weight is 376 g/mol. The Labute approximate surface area is 155 Å². The van der Waals surface area contributed by atoms with Crippen molar-refractivity contribution < 1.29 is 9.53 Å². The van der Waals surface area contributed by atoms with Gasteiger partial charge in [-0.05, 0) is 38.5 Å². The normalized spacial score (nSPS) is 11.2. The van der Waals surface area contributed by atoms with E-state index in [1.807, 2.05) is 12.1 Å². The maximum Gasteiger partial charge on any atom is 0.338 e. The van der Waals surface area contributed by atoms with Crippen LogP contribution < -0.4 is 0 Å². The predicted octanol–water partition coefficient (Wildman–Crippen LogP) is 4.54. The maximum absolute atomic E-state index is 11.9. The number of ether oxygens (including phenoxy) is 1. The number of esters is 1. The van der Waals surface area contributed by atoms with Crippen molar-refractivity contribution in [2.24, 2.45) is 0 Å². The number of imidazole rings is 1. The minimum Gasteiger partial charge on any atom is -0.462 e. The van der Waals surface area contributed by atoms with E-state index in [2.05, 4.69) is 28.8 Å². The first-order valence-electron chi connectivity index (χ1n) is 8.39. The SMILES string of the molecule is CCOC(=O)c1ccc2c(c1)nc(SCc1csc(CC)n1)n2CC. The molecule has 0 saturated carbocycles. The van der Waals surface area contributed by atoms with E-state index in [0.717, 1.165) is 40.6 Å². The van der Waals surface area contributed by atoms with Crippen LogP contribution in [-0.4, -0.2) is 27.1 Å². The largest absolute Gasteiger partial charge is 0.462 e. The Kier molecular flexibility index (Phi) is 5.75. The second-order valence-corrected chi connectivity index (χ2v) is 7.32. The van der Waals surface area contributed by atoms with Gasteiger partial charge in [-0.15, -0.1) is 11.3 Å². The molecule has 0 aliphatic carbocycles. The molecule has 0 N–H and O–H groups in total. The molecule has 132 valence electrons. The minimum atomic E-state index is -0.306. The number of rotatable bonds is 7. The van der Waals surface area contributed by atoms with Gasteiger partial charge in [-0.1, -0.05) is 18.7 Å². The van der Waals surface area contributed by atoms with Gasteiger partial charge in [0.25, 0.3) is 0 Å². The van der Waals surface area contributed by atoms with Crippen LogP contribution >= 0.6 is 23.1 Å². The van der Waals surface area contributed by atoms with E-state index in [-0.39, 0.29) is 5.97 Å². The van der Waals surface area contributed by atoms with E-state index in [4.69, 9.17) is 9.72 Å². The highest BCUT2D eigenvalue weighted by Gasteiger charge is 2.14. The number of aryl methyl sites for hydroxylation is 2. The summed E-state index contributed by atoms with van der Waals surface area (Å²) in [5.74, 6) is 0.490. The lowest BCUT2D eigenvalue weighted by molar-refractivity contribution is 0.0526. The quantitative estimate of drug-likeness (QED) is 0.448. The van der Waals surface area contributed by atoms with Crippen LogP contribution in [-0.2, 0) is 23.5 Å². The van der Waals surface area contributed by atoms with Gasteiger partial charge in [0.05, 0.1) is 33.9 Å². The topological polar surface area (TPSA) is 57.0 Å². The van der Waals surface area contributed by atoms with Crippen LogP contribution in [0.25, 0.3) is 11.0 Å². The molecule has 0 saturated heterocycles. The van der Waals surface area contributed by atoms with Crippen molar-refractivity contribution in [3.8, 4) is 0 Å². The van der Waals surface area contributed by atoms with Gasteiger partial charge in [0.2, 0.25) is 0 Å². The standard InChI is InChI=1S/C18H21N3O2S2/c1-4-16-19-13(10-24-16)11-25-18-20-14-9-12(17(22)23-6-3)7-8-15(14)21(18)5-2/h7-10H,4-6,11H2,1-3H3. The molecule has 0 radical (unpaired) electrons. The summed E-state index contributed by atoms with van der Waals surface area (Å²) >= 11 is 3.39. The third-order valence-electron chi connectivity index (χ3n) is 3.79. The number of aromatic nitrogens is 3. The Hall–Kier alpha value is -1.86. The molecule has 3 rings (SSSR count). The highest BCUT2D eigenvalue weighted by Crippen LogP contribution is 2.28. The average Bonchev–Trinajstić information content (AvgIpc) is 3.23. The van der Waals surface area contributed by atoms with Crippen LogP contribution in [0.15, 0.2) is 28.7 Å². The maximum atomic E-state index is 11.9. The zero-order valence-corrected chi connectivity index (χ0v) is 16.2. The number of hydrogen-bond acceptors (Lipinski definition) is 6. The van der Waals surface area contributed by atoms with Gasteiger partial charge in [0.15, 0.2) is 5.16 Å². The Morgan fingerprint density at radius 1 is 1.28 bits per heavy atom. The number of benzene rings is 1. The van der Waals surface area contributed by atoms with Gasteiger partial charge < -0.3 is 9.30 Å². The number of carbonyl (C=O) groups excluding carboxylic acids is 1. The number of hydrogen-bond donors (Lipinski definition) is 0. The van der Waals surface area contributed by atoms with Crippen LogP contribution in [0.5, 0.6) is 0 Å². The molecule has 0 fully saturated rings. The van der Waals surface area contributed by atoms with Crippen LogP contribution in [0.3, 0.4) is 0 Å². The summed E-state index contributed by atoms with van der Waals surface area (Å²) in [5, 5.41) is 4.23. The fourth-order valence-electron chi connectivity index (χ4n) is 2.58. The summed E-state index contributed by atoms with van der Waals surface area (Å²) in [5.41, 5.74) is 3.49. The lowest BCUT2D eigenvalue weighted by Gasteiger charge is -2.05. The van der Waals surface area contributed by atoms with Gasteiger partial charge in [-0.25, -0.2) is 14.8 Å². The van der Waals surface area contributed by atoms with Gasteiger partial charge in [0.1, 0.15) is 0 Å².